The number of fused-ring (bicyclic) bond motifs is 2. The van der Waals surface area contributed by atoms with E-state index in [9.17, 15) is 20.0 Å². The van der Waals surface area contributed by atoms with Crippen LogP contribution in [0.15, 0.2) is 54.6 Å². The number of aliphatic carboxylic acids is 1. The Morgan fingerprint density at radius 2 is 1.92 bits per heavy atom. The van der Waals surface area contributed by atoms with Crippen molar-refractivity contribution in [3.05, 3.63) is 88.0 Å². The topological polar surface area (TPSA) is 109 Å². The van der Waals surface area contributed by atoms with Gasteiger partial charge in [-0.25, -0.2) is 0 Å². The molecule has 0 aliphatic carbocycles. The molecule has 2 heterocycles. The molecule has 2 aliphatic heterocycles. The van der Waals surface area contributed by atoms with E-state index in [2.05, 4.69) is 23.5 Å². The molecule has 1 unspecified atom stereocenters. The Morgan fingerprint density at radius 1 is 1.11 bits per heavy atom. The van der Waals surface area contributed by atoms with E-state index in [4.69, 9.17) is 9.47 Å². The predicted octanol–water partition coefficient (Wildman–Crippen LogP) is 4.79. The first-order chi connectivity index (χ1) is 17.0. The highest BCUT2D eigenvalue weighted by atomic mass is 35.5. The average Bonchev–Trinajstić information content (AvgIpc) is 2.88. The number of ketones is 1. The zero-order valence-corrected chi connectivity index (χ0v) is 20.3. The van der Waals surface area contributed by atoms with Gasteiger partial charge in [-0.05, 0) is 66.4 Å². The summed E-state index contributed by atoms with van der Waals surface area (Å²) < 4.78 is 11.5. The van der Waals surface area contributed by atoms with Crippen molar-refractivity contribution >= 4 is 24.2 Å². The fourth-order valence-corrected chi connectivity index (χ4v) is 4.61. The number of hydrogen-bond acceptors (Lipinski definition) is 6. The molecule has 0 amide bonds. The van der Waals surface area contributed by atoms with Crippen LogP contribution in [0, 0.1) is 11.3 Å². The third kappa shape index (κ3) is 5.20. The van der Waals surface area contributed by atoms with Gasteiger partial charge < -0.3 is 19.9 Å². The first-order valence-electron chi connectivity index (χ1n) is 11.6. The molecular formula is C28H25ClN2O5. The highest BCUT2D eigenvalue weighted by Crippen LogP contribution is 2.39. The molecular weight excluding hydrogens is 480 g/mol. The zero-order chi connectivity index (χ0) is 24.4. The van der Waals surface area contributed by atoms with E-state index < -0.39 is 11.9 Å². The number of nitrogens with zero attached hydrogens (tertiary/aromatic N) is 1. The van der Waals surface area contributed by atoms with Crippen LogP contribution in [-0.2, 0) is 24.2 Å². The maximum atomic E-state index is 12.8. The summed E-state index contributed by atoms with van der Waals surface area (Å²) in [5.74, 6) is -0.497. The van der Waals surface area contributed by atoms with Gasteiger partial charge in [0.2, 0.25) is 0 Å². The second-order valence-electron chi connectivity index (χ2n) is 8.78. The van der Waals surface area contributed by atoms with Crippen LogP contribution in [0.2, 0.25) is 0 Å². The summed E-state index contributed by atoms with van der Waals surface area (Å²) in [7, 11) is 0. The van der Waals surface area contributed by atoms with Crippen LogP contribution < -0.4 is 14.8 Å². The van der Waals surface area contributed by atoms with Crippen molar-refractivity contribution in [1.29, 1.82) is 5.26 Å². The van der Waals surface area contributed by atoms with Gasteiger partial charge in [0.25, 0.3) is 0 Å². The number of carboxylic acid groups (broad SMARTS) is 1. The van der Waals surface area contributed by atoms with Gasteiger partial charge in [-0.2, -0.15) is 5.26 Å². The summed E-state index contributed by atoms with van der Waals surface area (Å²) >= 11 is 0. The maximum absolute atomic E-state index is 12.8. The highest BCUT2D eigenvalue weighted by molar-refractivity contribution is 5.97. The van der Waals surface area contributed by atoms with Crippen LogP contribution in [0.5, 0.6) is 17.2 Å². The molecule has 0 aromatic heterocycles. The van der Waals surface area contributed by atoms with Gasteiger partial charge in [-0.1, -0.05) is 18.2 Å². The van der Waals surface area contributed by atoms with Gasteiger partial charge in [0, 0.05) is 30.2 Å². The average molecular weight is 505 g/mol. The molecule has 0 saturated carbocycles. The monoisotopic (exact) mass is 504 g/mol. The molecule has 0 spiro atoms. The lowest BCUT2D eigenvalue weighted by Crippen LogP contribution is -2.23. The molecule has 5 rings (SSSR count). The molecule has 3 aromatic carbocycles. The van der Waals surface area contributed by atoms with E-state index >= 15 is 0 Å². The summed E-state index contributed by atoms with van der Waals surface area (Å²) in [4.78, 5) is 24.4. The third-order valence-corrected chi connectivity index (χ3v) is 6.50. The molecule has 2 N–H and O–H groups in total. The van der Waals surface area contributed by atoms with Crippen molar-refractivity contribution in [3.8, 4) is 23.3 Å². The fraction of sp³-hybridized carbons (Fsp3) is 0.250. The number of nitrogens with one attached hydrogen (secondary N) is 1. The van der Waals surface area contributed by atoms with E-state index in [1.165, 1.54) is 17.2 Å². The lowest BCUT2D eigenvalue weighted by Gasteiger charge is -2.24. The van der Waals surface area contributed by atoms with E-state index in [1.54, 1.807) is 30.3 Å². The van der Waals surface area contributed by atoms with Crippen LogP contribution >= 0.6 is 12.4 Å². The zero-order valence-electron chi connectivity index (χ0n) is 19.5. The quantitative estimate of drug-likeness (QED) is 0.464. The van der Waals surface area contributed by atoms with Gasteiger partial charge in [0.1, 0.15) is 23.3 Å². The number of halogens is 1. The molecule has 1 atom stereocenters. The lowest BCUT2D eigenvalue weighted by molar-refractivity contribution is -0.139. The number of nitriles is 1. The number of Topliss-reactive ketones (excluding diaryl/α,β-unsaturated/α-hetero) is 1. The minimum Gasteiger partial charge on any atom is -0.493 e. The first kappa shape index (κ1) is 25.2. The summed E-state index contributed by atoms with van der Waals surface area (Å²) in [5.41, 5.74) is 4.86. The summed E-state index contributed by atoms with van der Waals surface area (Å²) in [6.45, 7) is 2.10. The van der Waals surface area contributed by atoms with E-state index in [1.807, 2.05) is 6.07 Å². The normalized spacial score (nSPS) is 15.8. The molecule has 0 bridgehead atoms. The second-order valence-corrected chi connectivity index (χ2v) is 8.78. The van der Waals surface area contributed by atoms with Gasteiger partial charge >= 0.3 is 5.97 Å². The second kappa shape index (κ2) is 10.8. The highest BCUT2D eigenvalue weighted by Gasteiger charge is 2.29. The summed E-state index contributed by atoms with van der Waals surface area (Å²) in [6, 6.07) is 18.2. The van der Waals surface area contributed by atoms with E-state index in [-0.39, 0.29) is 36.1 Å². The molecule has 3 aromatic rings. The Hall–Kier alpha value is -3.86. The Bertz CT molecular complexity index is 1350. The van der Waals surface area contributed by atoms with Crippen molar-refractivity contribution in [3.63, 3.8) is 0 Å². The first-order valence-corrected chi connectivity index (χ1v) is 11.6. The van der Waals surface area contributed by atoms with E-state index in [0.29, 0.717) is 35.5 Å². The Morgan fingerprint density at radius 3 is 2.67 bits per heavy atom. The Balaban J connectivity index is 0.00000304. The van der Waals surface area contributed by atoms with Gasteiger partial charge in [0.05, 0.1) is 18.1 Å². The van der Waals surface area contributed by atoms with Crippen LogP contribution in [0.1, 0.15) is 50.5 Å². The minimum atomic E-state index is -0.945. The van der Waals surface area contributed by atoms with Crippen molar-refractivity contribution in [1.82, 2.24) is 5.32 Å². The molecule has 0 fully saturated rings. The van der Waals surface area contributed by atoms with Crippen molar-refractivity contribution in [2.75, 3.05) is 13.2 Å². The summed E-state index contributed by atoms with van der Waals surface area (Å²) in [5, 5.41) is 22.4. The Kier molecular flexibility index (Phi) is 7.58. The third-order valence-electron chi connectivity index (χ3n) is 6.50. The maximum Gasteiger partial charge on any atom is 0.311 e. The molecule has 36 heavy (non-hydrogen) atoms. The van der Waals surface area contributed by atoms with Gasteiger partial charge in [-0.15, -0.1) is 12.4 Å². The number of carbonyl (C=O) groups is 2. The van der Waals surface area contributed by atoms with Crippen LogP contribution in [0.4, 0.5) is 0 Å². The van der Waals surface area contributed by atoms with Crippen LogP contribution in [0.25, 0.3) is 0 Å². The van der Waals surface area contributed by atoms with Crippen LogP contribution in [-0.4, -0.2) is 30.0 Å². The van der Waals surface area contributed by atoms with Crippen molar-refractivity contribution in [2.24, 2.45) is 0 Å². The molecule has 0 radical (unpaired) electrons. The van der Waals surface area contributed by atoms with Gasteiger partial charge in [-0.3, -0.25) is 9.59 Å². The number of rotatable bonds is 6. The predicted molar refractivity (Wildman–Crippen MR) is 135 cm³/mol. The number of carboxylic acids is 1. The van der Waals surface area contributed by atoms with Crippen molar-refractivity contribution in [2.45, 2.75) is 31.7 Å². The largest absolute Gasteiger partial charge is 0.493 e. The molecule has 7 nitrogen and oxygen atoms in total. The number of benzene rings is 3. The standard InChI is InChI=1S/C28H24N2O5.ClH/c29-15-20-13-24-23(28(32)33)8-10-34-27(24)14-26(20)35-22-5-3-19(4-6-22)25(31)12-17-1-2-18-7-9-30-16-21(18)11-17;/h1-6,11,13-14,23,30H,7-10,12,16H2,(H,32,33);1H. The molecule has 184 valence electrons. The molecule has 0 saturated heterocycles. The molecule has 8 heteroatoms. The van der Waals surface area contributed by atoms with Crippen LogP contribution in [0.3, 0.4) is 0 Å². The SMILES string of the molecule is Cl.N#Cc1cc2c(cc1Oc1ccc(C(=O)Cc3ccc4c(c3)CNCC4)cc1)OCCC2C(=O)O. The minimum absolute atomic E-state index is 0. The summed E-state index contributed by atoms with van der Waals surface area (Å²) in [6.07, 6.45) is 1.68. The number of ether oxygens (including phenoxy) is 2. The number of carbonyl (C=O) groups excluding carboxylic acids is 1. The van der Waals surface area contributed by atoms with Crippen molar-refractivity contribution < 1.29 is 24.2 Å². The Labute approximate surface area is 215 Å². The van der Waals surface area contributed by atoms with E-state index in [0.717, 1.165) is 25.1 Å². The smallest absolute Gasteiger partial charge is 0.311 e. The molecule has 2 aliphatic rings. The lowest BCUT2D eigenvalue weighted by atomic mass is 9.91. The number of hydrogen-bond donors (Lipinski definition) is 2. The fourth-order valence-electron chi connectivity index (χ4n) is 4.61. The van der Waals surface area contributed by atoms with Gasteiger partial charge in [0.15, 0.2) is 5.78 Å².